The summed E-state index contributed by atoms with van der Waals surface area (Å²) in [5.74, 6) is 1.29. The summed E-state index contributed by atoms with van der Waals surface area (Å²) in [6.45, 7) is 0.255. The van der Waals surface area contributed by atoms with Crippen molar-refractivity contribution in [2.75, 3.05) is 0 Å². The highest BCUT2D eigenvalue weighted by molar-refractivity contribution is 7.17. The highest BCUT2D eigenvalue weighted by Crippen LogP contribution is 2.14. The van der Waals surface area contributed by atoms with Crippen LogP contribution in [0.3, 0.4) is 0 Å². The number of nitrogens with one attached hydrogen (secondary N) is 1. The molecule has 0 saturated heterocycles. The van der Waals surface area contributed by atoms with Crippen molar-refractivity contribution in [2.24, 2.45) is 0 Å². The van der Waals surface area contributed by atoms with Gasteiger partial charge < -0.3 is 9.72 Å². The normalized spacial score (nSPS) is 10.7. The third-order valence-corrected chi connectivity index (χ3v) is 3.39. The maximum Gasteiger partial charge on any atom is 0.268 e. The highest BCUT2D eigenvalue weighted by Gasteiger charge is 2.05. The van der Waals surface area contributed by atoms with E-state index in [0.717, 1.165) is 11.3 Å². The lowest BCUT2D eigenvalue weighted by atomic mass is 10.3. The Morgan fingerprint density at radius 3 is 2.89 bits per heavy atom. The molecule has 0 unspecified atom stereocenters. The Morgan fingerprint density at radius 2 is 2.06 bits per heavy atom. The quantitative estimate of drug-likeness (QED) is 0.785. The van der Waals surface area contributed by atoms with Gasteiger partial charge in [0.1, 0.15) is 22.9 Å². The molecule has 2 heterocycles. The third kappa shape index (κ3) is 2.12. The van der Waals surface area contributed by atoms with E-state index in [1.165, 1.54) is 11.3 Å². The van der Waals surface area contributed by atoms with Crippen LogP contribution < -0.4 is 10.3 Å². The number of rotatable bonds is 3. The summed E-state index contributed by atoms with van der Waals surface area (Å²) in [6.07, 6.45) is 0. The minimum absolute atomic E-state index is 0.110. The van der Waals surface area contributed by atoms with Gasteiger partial charge in [-0.05, 0) is 23.6 Å². The number of hydrogen-bond acceptors (Lipinski definition) is 4. The van der Waals surface area contributed by atoms with E-state index in [-0.39, 0.29) is 12.2 Å². The van der Waals surface area contributed by atoms with Gasteiger partial charge in [-0.3, -0.25) is 4.79 Å². The van der Waals surface area contributed by atoms with Crippen LogP contribution in [0.1, 0.15) is 5.82 Å². The first-order valence-electron chi connectivity index (χ1n) is 5.47. The van der Waals surface area contributed by atoms with Crippen LogP contribution in [0.5, 0.6) is 5.75 Å². The fourth-order valence-electron chi connectivity index (χ4n) is 1.66. The largest absolute Gasteiger partial charge is 0.486 e. The molecule has 0 spiro atoms. The number of hydrogen-bond donors (Lipinski definition) is 1. The lowest BCUT2D eigenvalue weighted by Gasteiger charge is -2.04. The molecule has 0 bridgehead atoms. The second kappa shape index (κ2) is 4.62. The lowest BCUT2D eigenvalue weighted by Crippen LogP contribution is -2.12. The van der Waals surface area contributed by atoms with E-state index in [0.29, 0.717) is 10.5 Å². The van der Waals surface area contributed by atoms with Gasteiger partial charge in [-0.2, -0.15) is 0 Å². The first-order chi connectivity index (χ1) is 8.83. The molecular formula is C13H10N2O2S. The van der Waals surface area contributed by atoms with Crippen molar-refractivity contribution in [1.82, 2.24) is 9.97 Å². The number of benzene rings is 1. The summed E-state index contributed by atoms with van der Waals surface area (Å²) in [6, 6.07) is 11.3. The molecule has 0 aliphatic rings. The van der Waals surface area contributed by atoms with Gasteiger partial charge >= 0.3 is 0 Å². The maximum absolute atomic E-state index is 11.7. The average molecular weight is 258 g/mol. The molecule has 4 nitrogen and oxygen atoms in total. The van der Waals surface area contributed by atoms with Crippen LogP contribution in [-0.2, 0) is 6.61 Å². The van der Waals surface area contributed by atoms with Crippen LogP contribution in [0.15, 0.2) is 46.6 Å². The number of ether oxygens (including phenoxy) is 1. The van der Waals surface area contributed by atoms with Crippen molar-refractivity contribution < 1.29 is 4.74 Å². The summed E-state index contributed by atoms with van der Waals surface area (Å²) in [7, 11) is 0. The molecule has 0 saturated carbocycles. The van der Waals surface area contributed by atoms with Crippen LogP contribution in [0, 0.1) is 0 Å². The first-order valence-corrected chi connectivity index (χ1v) is 6.35. The Balaban J connectivity index is 1.85. The number of H-pyrrole nitrogens is 1. The molecule has 18 heavy (non-hydrogen) atoms. The summed E-state index contributed by atoms with van der Waals surface area (Å²) in [5.41, 5.74) is 0.608. The number of aromatic nitrogens is 2. The Morgan fingerprint density at radius 1 is 1.22 bits per heavy atom. The Kier molecular flexibility index (Phi) is 2.82. The average Bonchev–Trinajstić information content (AvgIpc) is 2.86. The van der Waals surface area contributed by atoms with Gasteiger partial charge in [0.25, 0.3) is 5.56 Å². The zero-order chi connectivity index (χ0) is 12.4. The van der Waals surface area contributed by atoms with Crippen LogP contribution in [0.2, 0.25) is 0 Å². The lowest BCUT2D eigenvalue weighted by molar-refractivity contribution is 0.296. The summed E-state index contributed by atoms with van der Waals surface area (Å²) >= 11 is 1.39. The number of thiophene rings is 1. The van der Waals surface area contributed by atoms with Crippen LogP contribution >= 0.6 is 11.3 Å². The van der Waals surface area contributed by atoms with Crippen molar-refractivity contribution >= 4 is 21.6 Å². The van der Waals surface area contributed by atoms with Gasteiger partial charge in [0.05, 0.1) is 5.52 Å². The predicted molar refractivity (Wildman–Crippen MR) is 71.0 cm³/mol. The molecule has 3 aromatic rings. The third-order valence-electron chi connectivity index (χ3n) is 2.48. The van der Waals surface area contributed by atoms with E-state index in [2.05, 4.69) is 9.97 Å². The molecule has 0 aliphatic heterocycles. The van der Waals surface area contributed by atoms with Crippen molar-refractivity contribution in [3.05, 3.63) is 58.0 Å². The second-order valence-electron chi connectivity index (χ2n) is 3.75. The number of para-hydroxylation sites is 1. The number of nitrogens with zero attached hydrogens (tertiary/aromatic N) is 1. The van der Waals surface area contributed by atoms with Crippen LogP contribution in [-0.4, -0.2) is 9.97 Å². The minimum Gasteiger partial charge on any atom is -0.486 e. The Labute approximate surface area is 107 Å². The minimum atomic E-state index is -0.110. The van der Waals surface area contributed by atoms with Crippen molar-refractivity contribution in [3.63, 3.8) is 0 Å². The summed E-state index contributed by atoms with van der Waals surface area (Å²) in [5, 5.41) is 1.86. The van der Waals surface area contributed by atoms with Crippen LogP contribution in [0.4, 0.5) is 0 Å². The van der Waals surface area contributed by atoms with Gasteiger partial charge in [-0.1, -0.05) is 18.2 Å². The molecular weight excluding hydrogens is 248 g/mol. The van der Waals surface area contributed by atoms with Crippen molar-refractivity contribution in [3.8, 4) is 5.75 Å². The molecule has 0 fully saturated rings. The fourth-order valence-corrected chi connectivity index (χ4v) is 2.38. The molecule has 0 radical (unpaired) electrons. The molecule has 5 heteroatoms. The summed E-state index contributed by atoms with van der Waals surface area (Å²) in [4.78, 5) is 18.8. The van der Waals surface area contributed by atoms with Gasteiger partial charge in [0.15, 0.2) is 0 Å². The van der Waals surface area contributed by atoms with Crippen molar-refractivity contribution in [1.29, 1.82) is 0 Å². The van der Waals surface area contributed by atoms with E-state index in [9.17, 15) is 4.79 Å². The topological polar surface area (TPSA) is 55.0 Å². The molecule has 0 aliphatic carbocycles. The van der Waals surface area contributed by atoms with Crippen molar-refractivity contribution in [2.45, 2.75) is 6.61 Å². The SMILES string of the molecule is O=c1[nH]c(COc2ccccc2)nc2ccsc12. The second-order valence-corrected chi connectivity index (χ2v) is 4.67. The number of fused-ring (bicyclic) bond motifs is 1. The van der Waals surface area contributed by atoms with E-state index in [1.54, 1.807) is 0 Å². The number of aromatic amines is 1. The Hall–Kier alpha value is -2.14. The predicted octanol–water partition coefficient (Wildman–Crippen LogP) is 2.56. The smallest absolute Gasteiger partial charge is 0.268 e. The standard InChI is InChI=1S/C13H10N2O2S/c16-13-12-10(6-7-18-12)14-11(15-13)8-17-9-4-2-1-3-5-9/h1-7H,8H2,(H,14,15,16). The molecule has 90 valence electrons. The van der Waals surface area contributed by atoms with E-state index in [1.807, 2.05) is 41.8 Å². The zero-order valence-electron chi connectivity index (χ0n) is 9.42. The van der Waals surface area contributed by atoms with Gasteiger partial charge in [0.2, 0.25) is 0 Å². The molecule has 3 rings (SSSR count). The van der Waals surface area contributed by atoms with E-state index >= 15 is 0 Å². The summed E-state index contributed by atoms with van der Waals surface area (Å²) < 4.78 is 6.19. The molecule has 0 atom stereocenters. The fraction of sp³-hybridized carbons (Fsp3) is 0.0769. The monoisotopic (exact) mass is 258 g/mol. The highest BCUT2D eigenvalue weighted by atomic mass is 32.1. The first kappa shape index (κ1) is 11.0. The van der Waals surface area contributed by atoms with Gasteiger partial charge in [-0.25, -0.2) is 4.98 Å². The van der Waals surface area contributed by atoms with Gasteiger partial charge in [-0.15, -0.1) is 11.3 Å². The zero-order valence-corrected chi connectivity index (χ0v) is 10.2. The van der Waals surface area contributed by atoms with Crippen LogP contribution in [0.25, 0.3) is 10.2 Å². The molecule has 1 N–H and O–H groups in total. The molecule has 0 amide bonds. The molecule has 2 aromatic heterocycles. The maximum atomic E-state index is 11.7. The van der Waals surface area contributed by atoms with E-state index in [4.69, 9.17) is 4.74 Å². The molecule has 1 aromatic carbocycles. The Bertz CT molecular complexity index is 718. The van der Waals surface area contributed by atoms with Gasteiger partial charge in [0, 0.05) is 0 Å². The van der Waals surface area contributed by atoms with E-state index < -0.39 is 0 Å².